The lowest BCUT2D eigenvalue weighted by Crippen LogP contribution is -2.16. The molecule has 3 heteroatoms. The Morgan fingerprint density at radius 3 is 2.53 bits per heavy atom. The average Bonchev–Trinajstić information content (AvgIpc) is 2.39. The van der Waals surface area contributed by atoms with Crippen LogP contribution in [0.15, 0.2) is 42.5 Å². The summed E-state index contributed by atoms with van der Waals surface area (Å²) in [6.45, 7) is 3.87. The SMILES string of the molecule is Cc1cccc(CCNCc2ccc(Cl)c(Cl)c2)c1. The topological polar surface area (TPSA) is 12.0 Å². The number of hydrogen-bond donors (Lipinski definition) is 1. The van der Waals surface area contributed by atoms with Crippen molar-refractivity contribution >= 4 is 23.2 Å². The fourth-order valence-electron chi connectivity index (χ4n) is 1.98. The third-order valence-corrected chi connectivity index (χ3v) is 3.73. The van der Waals surface area contributed by atoms with Gasteiger partial charge in [0.1, 0.15) is 0 Å². The van der Waals surface area contributed by atoms with Gasteiger partial charge in [-0.05, 0) is 43.1 Å². The molecule has 0 aromatic heterocycles. The fraction of sp³-hybridized carbons (Fsp3) is 0.250. The van der Waals surface area contributed by atoms with Crippen LogP contribution in [0, 0.1) is 6.92 Å². The van der Waals surface area contributed by atoms with Gasteiger partial charge in [0.25, 0.3) is 0 Å². The molecule has 0 saturated heterocycles. The Kier molecular flexibility index (Phi) is 5.26. The number of nitrogens with one attached hydrogen (secondary N) is 1. The van der Waals surface area contributed by atoms with E-state index in [1.165, 1.54) is 11.1 Å². The Hall–Kier alpha value is -1.02. The molecule has 0 radical (unpaired) electrons. The molecule has 0 amide bonds. The third kappa shape index (κ3) is 4.54. The lowest BCUT2D eigenvalue weighted by molar-refractivity contribution is 0.687. The first-order valence-corrected chi connectivity index (χ1v) is 7.11. The van der Waals surface area contributed by atoms with Crippen molar-refractivity contribution in [3.63, 3.8) is 0 Å². The van der Waals surface area contributed by atoms with E-state index >= 15 is 0 Å². The van der Waals surface area contributed by atoms with E-state index < -0.39 is 0 Å². The highest BCUT2D eigenvalue weighted by Gasteiger charge is 1.99. The summed E-state index contributed by atoms with van der Waals surface area (Å²) in [5, 5.41) is 4.63. The second-order valence-electron chi connectivity index (χ2n) is 4.66. The van der Waals surface area contributed by atoms with E-state index in [0.29, 0.717) is 10.0 Å². The maximum atomic E-state index is 5.98. The van der Waals surface area contributed by atoms with E-state index in [4.69, 9.17) is 23.2 Å². The highest BCUT2D eigenvalue weighted by atomic mass is 35.5. The molecule has 0 unspecified atom stereocenters. The van der Waals surface area contributed by atoms with Crippen molar-refractivity contribution in [2.45, 2.75) is 19.9 Å². The van der Waals surface area contributed by atoms with E-state index in [-0.39, 0.29) is 0 Å². The summed E-state index contributed by atoms with van der Waals surface area (Å²) in [6, 6.07) is 14.3. The second kappa shape index (κ2) is 6.95. The Morgan fingerprint density at radius 1 is 0.947 bits per heavy atom. The van der Waals surface area contributed by atoms with Crippen molar-refractivity contribution < 1.29 is 0 Å². The van der Waals surface area contributed by atoms with Crippen LogP contribution >= 0.6 is 23.2 Å². The Morgan fingerprint density at radius 2 is 1.79 bits per heavy atom. The highest BCUT2D eigenvalue weighted by molar-refractivity contribution is 6.42. The van der Waals surface area contributed by atoms with Crippen molar-refractivity contribution in [2.75, 3.05) is 6.54 Å². The van der Waals surface area contributed by atoms with Gasteiger partial charge in [-0.25, -0.2) is 0 Å². The van der Waals surface area contributed by atoms with Gasteiger partial charge < -0.3 is 5.32 Å². The van der Waals surface area contributed by atoms with E-state index in [0.717, 1.165) is 25.1 Å². The van der Waals surface area contributed by atoms with E-state index in [1.807, 2.05) is 18.2 Å². The molecule has 0 heterocycles. The quantitative estimate of drug-likeness (QED) is 0.792. The van der Waals surface area contributed by atoms with Crippen LogP contribution in [-0.4, -0.2) is 6.54 Å². The molecule has 0 atom stereocenters. The first kappa shape index (κ1) is 14.4. The van der Waals surface area contributed by atoms with Crippen molar-refractivity contribution in [1.82, 2.24) is 5.32 Å². The zero-order valence-electron chi connectivity index (χ0n) is 10.9. The van der Waals surface area contributed by atoms with E-state index in [9.17, 15) is 0 Å². The molecular formula is C16H17Cl2N. The van der Waals surface area contributed by atoms with Gasteiger partial charge in [0.05, 0.1) is 10.0 Å². The molecule has 19 heavy (non-hydrogen) atoms. The molecule has 0 aliphatic carbocycles. The van der Waals surface area contributed by atoms with Crippen molar-refractivity contribution in [3.8, 4) is 0 Å². The van der Waals surface area contributed by atoms with Gasteiger partial charge in [0.15, 0.2) is 0 Å². The van der Waals surface area contributed by atoms with Crippen LogP contribution in [0.1, 0.15) is 16.7 Å². The molecule has 0 spiro atoms. The Bertz CT molecular complexity index is 552. The molecule has 0 bridgehead atoms. The summed E-state index contributed by atoms with van der Waals surface area (Å²) < 4.78 is 0. The smallest absolute Gasteiger partial charge is 0.0595 e. The van der Waals surface area contributed by atoms with Crippen LogP contribution in [0.2, 0.25) is 10.0 Å². The van der Waals surface area contributed by atoms with Crippen LogP contribution in [0.25, 0.3) is 0 Å². The van der Waals surface area contributed by atoms with Gasteiger partial charge in [-0.1, -0.05) is 59.1 Å². The first-order chi connectivity index (χ1) is 9.15. The maximum Gasteiger partial charge on any atom is 0.0595 e. The highest BCUT2D eigenvalue weighted by Crippen LogP contribution is 2.22. The zero-order chi connectivity index (χ0) is 13.7. The second-order valence-corrected chi connectivity index (χ2v) is 5.48. The molecule has 2 aromatic rings. The summed E-state index contributed by atoms with van der Waals surface area (Å²) in [5.74, 6) is 0. The minimum atomic E-state index is 0.602. The number of aryl methyl sites for hydroxylation is 1. The predicted octanol–water partition coefficient (Wildman–Crippen LogP) is 4.63. The lowest BCUT2D eigenvalue weighted by atomic mass is 10.1. The third-order valence-electron chi connectivity index (χ3n) is 2.99. The summed E-state index contributed by atoms with van der Waals surface area (Å²) in [6.07, 6.45) is 1.03. The normalized spacial score (nSPS) is 10.7. The van der Waals surface area contributed by atoms with Crippen LogP contribution in [0.4, 0.5) is 0 Å². The molecule has 1 N–H and O–H groups in total. The molecule has 0 aliphatic rings. The van der Waals surface area contributed by atoms with E-state index in [2.05, 4.69) is 36.5 Å². The number of rotatable bonds is 5. The molecule has 1 nitrogen and oxygen atoms in total. The van der Waals surface area contributed by atoms with Gasteiger partial charge in [-0.2, -0.15) is 0 Å². The average molecular weight is 294 g/mol. The largest absolute Gasteiger partial charge is 0.312 e. The van der Waals surface area contributed by atoms with Gasteiger partial charge in [-0.15, -0.1) is 0 Å². The molecule has 100 valence electrons. The van der Waals surface area contributed by atoms with Gasteiger partial charge in [0.2, 0.25) is 0 Å². The van der Waals surface area contributed by atoms with Crippen LogP contribution in [0.5, 0.6) is 0 Å². The van der Waals surface area contributed by atoms with Crippen molar-refractivity contribution in [3.05, 3.63) is 69.2 Å². The summed E-state index contributed by atoms with van der Waals surface area (Å²) in [7, 11) is 0. The van der Waals surface area contributed by atoms with E-state index in [1.54, 1.807) is 0 Å². The monoisotopic (exact) mass is 293 g/mol. The molecular weight excluding hydrogens is 277 g/mol. The number of halogens is 2. The van der Waals surface area contributed by atoms with Crippen molar-refractivity contribution in [1.29, 1.82) is 0 Å². The van der Waals surface area contributed by atoms with Crippen molar-refractivity contribution in [2.24, 2.45) is 0 Å². The minimum Gasteiger partial charge on any atom is -0.312 e. The van der Waals surface area contributed by atoms with Crippen LogP contribution in [0.3, 0.4) is 0 Å². The van der Waals surface area contributed by atoms with Gasteiger partial charge in [-0.3, -0.25) is 0 Å². The molecule has 0 fully saturated rings. The molecule has 2 aromatic carbocycles. The number of hydrogen-bond acceptors (Lipinski definition) is 1. The van der Waals surface area contributed by atoms with Crippen LogP contribution in [-0.2, 0) is 13.0 Å². The molecule has 0 saturated carbocycles. The van der Waals surface area contributed by atoms with Gasteiger partial charge >= 0.3 is 0 Å². The minimum absolute atomic E-state index is 0.602. The summed E-state index contributed by atoms with van der Waals surface area (Å²) in [5.41, 5.74) is 3.82. The fourth-order valence-corrected chi connectivity index (χ4v) is 2.30. The Labute approximate surface area is 124 Å². The lowest BCUT2D eigenvalue weighted by Gasteiger charge is -2.07. The maximum absolute atomic E-state index is 5.98. The first-order valence-electron chi connectivity index (χ1n) is 6.35. The summed E-state index contributed by atoms with van der Waals surface area (Å²) in [4.78, 5) is 0. The zero-order valence-corrected chi connectivity index (χ0v) is 12.4. The predicted molar refractivity (Wildman–Crippen MR) is 83.1 cm³/mol. The van der Waals surface area contributed by atoms with Crippen LogP contribution < -0.4 is 5.32 Å². The molecule has 0 aliphatic heterocycles. The Balaban J connectivity index is 1.79. The number of benzene rings is 2. The molecule has 2 rings (SSSR count). The standard InChI is InChI=1S/C16H17Cl2N/c1-12-3-2-4-13(9-12)7-8-19-11-14-5-6-15(17)16(18)10-14/h2-6,9-10,19H,7-8,11H2,1H3. The summed E-state index contributed by atoms with van der Waals surface area (Å²) >= 11 is 11.9. The van der Waals surface area contributed by atoms with Gasteiger partial charge in [0, 0.05) is 6.54 Å².